The summed E-state index contributed by atoms with van der Waals surface area (Å²) >= 11 is 1.13. The lowest BCUT2D eigenvalue weighted by Crippen LogP contribution is -2.37. The van der Waals surface area contributed by atoms with E-state index in [2.05, 4.69) is 19.2 Å². The third kappa shape index (κ3) is 3.31. The number of aromatic nitrogens is 4. The van der Waals surface area contributed by atoms with Crippen molar-refractivity contribution in [1.29, 1.82) is 0 Å². The fourth-order valence-electron chi connectivity index (χ4n) is 2.94. The van der Waals surface area contributed by atoms with Crippen molar-refractivity contribution in [3.63, 3.8) is 0 Å². The quantitative estimate of drug-likeness (QED) is 0.731. The van der Waals surface area contributed by atoms with Crippen LogP contribution in [0.15, 0.2) is 47.4 Å². The van der Waals surface area contributed by atoms with E-state index in [1.54, 1.807) is 19.4 Å². The molecule has 0 saturated carbocycles. The van der Waals surface area contributed by atoms with Crippen LogP contribution >= 0.6 is 11.7 Å². The van der Waals surface area contributed by atoms with Crippen molar-refractivity contribution < 1.29 is 9.47 Å². The number of ether oxygens (including phenoxy) is 2. The lowest BCUT2D eigenvalue weighted by molar-refractivity contribution is 0.183. The van der Waals surface area contributed by atoms with Crippen molar-refractivity contribution in [1.82, 2.24) is 18.5 Å². The zero-order chi connectivity index (χ0) is 17.9. The maximum atomic E-state index is 12.4. The Morgan fingerprint density at radius 2 is 2.23 bits per heavy atom. The Kier molecular flexibility index (Phi) is 4.63. The molecule has 8 nitrogen and oxygen atoms in total. The Hall–Kier alpha value is -2.78. The number of anilines is 1. The summed E-state index contributed by atoms with van der Waals surface area (Å²) in [5.74, 6) is 1.41. The zero-order valence-corrected chi connectivity index (χ0v) is 14.8. The van der Waals surface area contributed by atoms with E-state index >= 15 is 0 Å². The smallest absolute Gasteiger partial charge is 0.267 e. The second-order valence-electron chi connectivity index (χ2n) is 5.88. The Morgan fingerprint density at radius 1 is 1.31 bits per heavy atom. The first kappa shape index (κ1) is 16.7. The van der Waals surface area contributed by atoms with E-state index in [4.69, 9.17) is 9.47 Å². The van der Waals surface area contributed by atoms with Gasteiger partial charge in [0.2, 0.25) is 0 Å². The van der Waals surface area contributed by atoms with Gasteiger partial charge in [0.1, 0.15) is 11.8 Å². The van der Waals surface area contributed by atoms with Crippen molar-refractivity contribution >= 4 is 17.5 Å². The van der Waals surface area contributed by atoms with E-state index in [1.807, 2.05) is 24.3 Å². The minimum atomic E-state index is -0.227. The first-order valence-corrected chi connectivity index (χ1v) is 8.84. The molecule has 1 aliphatic rings. The van der Waals surface area contributed by atoms with E-state index in [1.165, 1.54) is 10.7 Å². The SMILES string of the molecule is COc1cccc(-c2ccc(=O)n(C3COCC3Nc3cnsn3)n2)c1. The van der Waals surface area contributed by atoms with Gasteiger partial charge in [-0.05, 0) is 18.2 Å². The van der Waals surface area contributed by atoms with Gasteiger partial charge in [-0.3, -0.25) is 4.79 Å². The lowest BCUT2D eigenvalue weighted by Gasteiger charge is -2.20. The maximum Gasteiger partial charge on any atom is 0.267 e. The van der Waals surface area contributed by atoms with Crippen LogP contribution in [0.5, 0.6) is 5.75 Å². The summed E-state index contributed by atoms with van der Waals surface area (Å²) in [7, 11) is 1.62. The average molecular weight is 371 g/mol. The van der Waals surface area contributed by atoms with Crippen molar-refractivity contribution in [3.8, 4) is 17.0 Å². The van der Waals surface area contributed by atoms with Gasteiger partial charge in [0.15, 0.2) is 5.82 Å². The number of hydrogen-bond donors (Lipinski definition) is 1. The maximum absolute atomic E-state index is 12.4. The van der Waals surface area contributed by atoms with Gasteiger partial charge in [0.25, 0.3) is 5.56 Å². The molecule has 0 bridgehead atoms. The van der Waals surface area contributed by atoms with Crippen LogP contribution in [0, 0.1) is 0 Å². The highest BCUT2D eigenvalue weighted by Gasteiger charge is 2.32. The van der Waals surface area contributed by atoms with Gasteiger partial charge >= 0.3 is 0 Å². The molecule has 2 atom stereocenters. The first-order chi connectivity index (χ1) is 12.7. The van der Waals surface area contributed by atoms with E-state index in [-0.39, 0.29) is 17.6 Å². The number of hydrogen-bond acceptors (Lipinski definition) is 8. The van der Waals surface area contributed by atoms with Gasteiger partial charge in [-0.2, -0.15) is 13.8 Å². The van der Waals surface area contributed by atoms with Gasteiger partial charge in [-0.15, -0.1) is 0 Å². The molecule has 3 aromatic rings. The second-order valence-corrected chi connectivity index (χ2v) is 6.44. The minimum Gasteiger partial charge on any atom is -0.497 e. The van der Waals surface area contributed by atoms with Gasteiger partial charge in [-0.1, -0.05) is 12.1 Å². The molecule has 26 heavy (non-hydrogen) atoms. The number of nitrogens with zero attached hydrogens (tertiary/aromatic N) is 4. The predicted octanol–water partition coefficient (Wildman–Crippen LogP) is 1.82. The normalized spacial score (nSPS) is 19.4. The van der Waals surface area contributed by atoms with E-state index in [0.717, 1.165) is 23.0 Å². The highest BCUT2D eigenvalue weighted by atomic mass is 32.1. The second kappa shape index (κ2) is 7.22. The molecule has 4 rings (SSSR count). The number of nitrogens with one attached hydrogen (secondary N) is 1. The summed E-state index contributed by atoms with van der Waals surface area (Å²) in [4.78, 5) is 12.4. The van der Waals surface area contributed by atoms with E-state index in [0.29, 0.717) is 24.7 Å². The Labute approximate surface area is 153 Å². The van der Waals surface area contributed by atoms with Crippen LogP contribution in [0.25, 0.3) is 11.3 Å². The summed E-state index contributed by atoms with van der Waals surface area (Å²) in [6.07, 6.45) is 1.66. The van der Waals surface area contributed by atoms with Crippen molar-refractivity contribution in [2.45, 2.75) is 12.1 Å². The van der Waals surface area contributed by atoms with E-state index < -0.39 is 0 Å². The molecule has 0 radical (unpaired) electrons. The van der Waals surface area contributed by atoms with Crippen molar-refractivity contribution in [2.24, 2.45) is 0 Å². The standard InChI is InChI=1S/C17H17N5O3S/c1-24-12-4-2-3-11(7-12)13-5-6-17(23)22(20-13)15-10-25-9-14(15)19-16-8-18-26-21-16/h2-8,14-15H,9-10H2,1H3,(H,19,21). The van der Waals surface area contributed by atoms with Crippen molar-refractivity contribution in [3.05, 3.63) is 52.9 Å². The van der Waals surface area contributed by atoms with Gasteiger partial charge in [0.05, 0.1) is 50.0 Å². The number of rotatable bonds is 5. The summed E-state index contributed by atoms with van der Waals surface area (Å²) in [5, 5.41) is 7.84. The molecule has 1 saturated heterocycles. The van der Waals surface area contributed by atoms with Crippen LogP contribution in [0.4, 0.5) is 5.82 Å². The summed E-state index contributed by atoms with van der Waals surface area (Å²) in [6, 6.07) is 10.5. The van der Waals surface area contributed by atoms with Gasteiger partial charge < -0.3 is 14.8 Å². The average Bonchev–Trinajstić information content (AvgIpc) is 3.35. The molecule has 134 valence electrons. The Bertz CT molecular complexity index is 944. The van der Waals surface area contributed by atoms with Crippen LogP contribution in [0.2, 0.25) is 0 Å². The lowest BCUT2D eigenvalue weighted by atomic mass is 10.1. The molecule has 0 aliphatic carbocycles. The van der Waals surface area contributed by atoms with Gasteiger partial charge in [-0.25, -0.2) is 4.68 Å². The zero-order valence-electron chi connectivity index (χ0n) is 14.0. The Morgan fingerprint density at radius 3 is 3.04 bits per heavy atom. The largest absolute Gasteiger partial charge is 0.497 e. The number of methoxy groups -OCH3 is 1. The highest BCUT2D eigenvalue weighted by Crippen LogP contribution is 2.24. The Balaban J connectivity index is 1.66. The third-order valence-corrected chi connectivity index (χ3v) is 4.73. The molecule has 3 heterocycles. The third-order valence-electron chi connectivity index (χ3n) is 4.25. The van der Waals surface area contributed by atoms with Crippen LogP contribution in [0.3, 0.4) is 0 Å². The molecular weight excluding hydrogens is 354 g/mol. The molecule has 1 fully saturated rings. The molecule has 2 unspecified atom stereocenters. The minimum absolute atomic E-state index is 0.107. The summed E-state index contributed by atoms with van der Waals surface area (Å²) in [5.41, 5.74) is 1.41. The fourth-order valence-corrected chi connectivity index (χ4v) is 3.32. The molecule has 1 aliphatic heterocycles. The predicted molar refractivity (Wildman–Crippen MR) is 97.7 cm³/mol. The topological polar surface area (TPSA) is 91.2 Å². The number of benzene rings is 1. The fraction of sp³-hybridized carbons (Fsp3) is 0.294. The van der Waals surface area contributed by atoms with E-state index in [9.17, 15) is 4.79 Å². The molecule has 0 spiro atoms. The molecular formula is C17H17N5O3S. The summed E-state index contributed by atoms with van der Waals surface area (Å²) < 4.78 is 20.5. The van der Waals surface area contributed by atoms with Crippen molar-refractivity contribution in [2.75, 3.05) is 25.6 Å². The molecule has 1 aromatic carbocycles. The summed E-state index contributed by atoms with van der Waals surface area (Å²) in [6.45, 7) is 0.878. The van der Waals surface area contributed by atoms with Crippen LogP contribution < -0.4 is 15.6 Å². The molecule has 1 N–H and O–H groups in total. The van der Waals surface area contributed by atoms with Crippen LogP contribution in [0.1, 0.15) is 6.04 Å². The van der Waals surface area contributed by atoms with Gasteiger partial charge in [0, 0.05) is 11.6 Å². The van der Waals surface area contributed by atoms with Crippen LogP contribution in [-0.2, 0) is 4.74 Å². The molecule has 2 aromatic heterocycles. The highest BCUT2D eigenvalue weighted by molar-refractivity contribution is 6.99. The molecule has 9 heteroatoms. The molecule has 0 amide bonds. The first-order valence-electron chi connectivity index (χ1n) is 8.11. The van der Waals surface area contributed by atoms with Crippen LogP contribution in [-0.4, -0.2) is 44.9 Å². The monoisotopic (exact) mass is 371 g/mol.